The average Bonchev–Trinajstić information content (AvgIpc) is 2.71. The molecule has 1 unspecified atom stereocenters. The maximum atomic E-state index is 12.8. The molecule has 1 N–H and O–H groups in total. The highest BCUT2D eigenvalue weighted by atomic mass is 16.1. The summed E-state index contributed by atoms with van der Waals surface area (Å²) in [6, 6.07) is 20.0. The van der Waals surface area contributed by atoms with E-state index in [1.807, 2.05) is 48.5 Å². The van der Waals surface area contributed by atoms with Crippen LogP contribution in [0.3, 0.4) is 0 Å². The molecule has 0 aliphatic rings. The van der Waals surface area contributed by atoms with E-state index < -0.39 is 0 Å². The summed E-state index contributed by atoms with van der Waals surface area (Å²) in [5, 5.41) is 4.01. The molecule has 0 fully saturated rings. The molecule has 0 spiro atoms. The van der Waals surface area contributed by atoms with E-state index >= 15 is 0 Å². The standard InChI is InChI=1S/C22H25N3O/c1-3-25(4-2)21(17-10-6-5-7-11-17)16-24-22(26)19-12-8-14-20-18(19)13-9-15-23-20/h5-15,21H,3-4,16H2,1-2H3,(H,24,26). The van der Waals surface area contributed by atoms with E-state index in [1.54, 1.807) is 6.20 Å². The number of carbonyl (C=O) groups excluding carboxylic acids is 1. The van der Waals surface area contributed by atoms with Crippen LogP contribution in [0.2, 0.25) is 0 Å². The molecule has 3 rings (SSSR count). The molecule has 1 atom stereocenters. The van der Waals surface area contributed by atoms with Crippen LogP contribution in [-0.4, -0.2) is 35.4 Å². The molecular weight excluding hydrogens is 322 g/mol. The number of hydrogen-bond acceptors (Lipinski definition) is 3. The Labute approximate surface area is 154 Å². The van der Waals surface area contributed by atoms with Crippen molar-refractivity contribution in [2.45, 2.75) is 19.9 Å². The van der Waals surface area contributed by atoms with Crippen molar-refractivity contribution < 1.29 is 4.79 Å². The molecule has 0 saturated heterocycles. The quantitative estimate of drug-likeness (QED) is 0.701. The third kappa shape index (κ3) is 3.92. The molecule has 0 aliphatic heterocycles. The van der Waals surface area contributed by atoms with Gasteiger partial charge < -0.3 is 5.32 Å². The van der Waals surface area contributed by atoms with Crippen molar-refractivity contribution in [2.75, 3.05) is 19.6 Å². The number of fused-ring (bicyclic) bond motifs is 1. The van der Waals surface area contributed by atoms with Gasteiger partial charge in [0.05, 0.1) is 11.6 Å². The Bertz CT molecular complexity index is 854. The Morgan fingerprint density at radius 3 is 2.50 bits per heavy atom. The number of carbonyl (C=O) groups is 1. The van der Waals surface area contributed by atoms with Gasteiger partial charge in [-0.2, -0.15) is 0 Å². The molecule has 4 nitrogen and oxygen atoms in total. The van der Waals surface area contributed by atoms with Crippen LogP contribution in [0.5, 0.6) is 0 Å². The predicted octanol–water partition coefficient (Wildman–Crippen LogP) is 4.05. The number of aromatic nitrogens is 1. The number of likely N-dealkylation sites (N-methyl/N-ethyl adjacent to an activating group) is 1. The summed E-state index contributed by atoms with van der Waals surface area (Å²) in [7, 11) is 0. The largest absolute Gasteiger partial charge is 0.350 e. The molecular formula is C22H25N3O. The Kier molecular flexibility index (Phi) is 5.97. The van der Waals surface area contributed by atoms with Gasteiger partial charge in [-0.15, -0.1) is 0 Å². The van der Waals surface area contributed by atoms with Crippen LogP contribution >= 0.6 is 0 Å². The second kappa shape index (κ2) is 8.59. The summed E-state index contributed by atoms with van der Waals surface area (Å²) in [6.45, 7) is 6.74. The Morgan fingerprint density at radius 1 is 1.00 bits per heavy atom. The molecule has 0 bridgehead atoms. The van der Waals surface area contributed by atoms with Gasteiger partial charge >= 0.3 is 0 Å². The lowest BCUT2D eigenvalue weighted by molar-refractivity contribution is 0.0936. The van der Waals surface area contributed by atoms with E-state index in [9.17, 15) is 4.79 Å². The van der Waals surface area contributed by atoms with Crippen LogP contribution in [0.1, 0.15) is 35.8 Å². The molecule has 26 heavy (non-hydrogen) atoms. The Morgan fingerprint density at radius 2 is 1.77 bits per heavy atom. The summed E-state index contributed by atoms with van der Waals surface area (Å²) in [5.74, 6) is -0.0586. The fourth-order valence-electron chi connectivity index (χ4n) is 3.38. The third-order valence-electron chi connectivity index (χ3n) is 4.78. The van der Waals surface area contributed by atoms with E-state index in [-0.39, 0.29) is 11.9 Å². The van der Waals surface area contributed by atoms with E-state index in [1.165, 1.54) is 5.56 Å². The number of benzene rings is 2. The number of amides is 1. The maximum Gasteiger partial charge on any atom is 0.252 e. The van der Waals surface area contributed by atoms with Crippen LogP contribution < -0.4 is 5.32 Å². The summed E-state index contributed by atoms with van der Waals surface area (Å²) in [6.07, 6.45) is 1.75. The fourth-order valence-corrected chi connectivity index (χ4v) is 3.38. The minimum absolute atomic E-state index is 0.0586. The van der Waals surface area contributed by atoms with Crippen molar-refractivity contribution >= 4 is 16.8 Å². The van der Waals surface area contributed by atoms with Gasteiger partial charge in [0.25, 0.3) is 5.91 Å². The minimum atomic E-state index is -0.0586. The van der Waals surface area contributed by atoms with Gasteiger partial charge in [-0.05, 0) is 36.9 Å². The normalized spacial score (nSPS) is 12.3. The molecule has 1 heterocycles. The Hall–Kier alpha value is -2.72. The van der Waals surface area contributed by atoms with E-state index in [4.69, 9.17) is 0 Å². The molecule has 2 aromatic carbocycles. The number of nitrogens with zero attached hydrogens (tertiary/aromatic N) is 2. The number of rotatable bonds is 7. The third-order valence-corrected chi connectivity index (χ3v) is 4.78. The molecule has 0 aliphatic carbocycles. The molecule has 0 saturated carbocycles. The highest BCUT2D eigenvalue weighted by Crippen LogP contribution is 2.20. The van der Waals surface area contributed by atoms with Gasteiger partial charge in [0.1, 0.15) is 0 Å². The lowest BCUT2D eigenvalue weighted by Gasteiger charge is -2.30. The fraction of sp³-hybridized carbons (Fsp3) is 0.273. The zero-order valence-corrected chi connectivity index (χ0v) is 15.4. The van der Waals surface area contributed by atoms with Crippen LogP contribution in [0.25, 0.3) is 10.9 Å². The first kappa shape index (κ1) is 18.1. The molecule has 1 amide bonds. The van der Waals surface area contributed by atoms with Crippen LogP contribution in [0.15, 0.2) is 66.9 Å². The van der Waals surface area contributed by atoms with Gasteiger partial charge in [0.2, 0.25) is 0 Å². The molecule has 3 aromatic rings. The monoisotopic (exact) mass is 347 g/mol. The summed E-state index contributed by atoms with van der Waals surface area (Å²) < 4.78 is 0. The highest BCUT2D eigenvalue weighted by molar-refractivity contribution is 6.06. The topological polar surface area (TPSA) is 45.2 Å². The van der Waals surface area contributed by atoms with Crippen LogP contribution in [-0.2, 0) is 0 Å². The van der Waals surface area contributed by atoms with Crippen molar-refractivity contribution in [3.05, 3.63) is 78.0 Å². The van der Waals surface area contributed by atoms with Crippen molar-refractivity contribution in [3.63, 3.8) is 0 Å². The minimum Gasteiger partial charge on any atom is -0.350 e. The first-order valence-electron chi connectivity index (χ1n) is 9.15. The molecule has 0 radical (unpaired) electrons. The van der Waals surface area contributed by atoms with E-state index in [0.29, 0.717) is 12.1 Å². The summed E-state index contributed by atoms with van der Waals surface area (Å²) in [5.41, 5.74) is 2.72. The molecule has 134 valence electrons. The number of pyridine rings is 1. The first-order valence-corrected chi connectivity index (χ1v) is 9.15. The zero-order valence-electron chi connectivity index (χ0n) is 15.4. The van der Waals surface area contributed by atoms with Gasteiger partial charge in [-0.1, -0.05) is 56.3 Å². The number of hydrogen-bond donors (Lipinski definition) is 1. The summed E-state index contributed by atoms with van der Waals surface area (Å²) >= 11 is 0. The first-order chi connectivity index (χ1) is 12.7. The molecule has 4 heteroatoms. The van der Waals surface area contributed by atoms with Crippen LogP contribution in [0.4, 0.5) is 0 Å². The smallest absolute Gasteiger partial charge is 0.252 e. The van der Waals surface area contributed by atoms with Crippen LogP contribution in [0, 0.1) is 0 Å². The maximum absolute atomic E-state index is 12.8. The lowest BCUT2D eigenvalue weighted by Crippen LogP contribution is -2.38. The van der Waals surface area contributed by atoms with Crippen molar-refractivity contribution in [2.24, 2.45) is 0 Å². The summed E-state index contributed by atoms with van der Waals surface area (Å²) in [4.78, 5) is 19.5. The predicted molar refractivity (Wildman–Crippen MR) is 106 cm³/mol. The van der Waals surface area contributed by atoms with E-state index in [2.05, 4.69) is 41.2 Å². The van der Waals surface area contributed by atoms with Crippen molar-refractivity contribution in [1.29, 1.82) is 0 Å². The SMILES string of the molecule is CCN(CC)C(CNC(=O)c1cccc2ncccc12)c1ccccc1. The van der Waals surface area contributed by atoms with Gasteiger partial charge in [0.15, 0.2) is 0 Å². The zero-order chi connectivity index (χ0) is 18.4. The van der Waals surface area contributed by atoms with Crippen molar-refractivity contribution in [1.82, 2.24) is 15.2 Å². The second-order valence-electron chi connectivity index (χ2n) is 6.23. The second-order valence-corrected chi connectivity index (χ2v) is 6.23. The lowest BCUT2D eigenvalue weighted by atomic mass is 10.0. The molecule has 1 aromatic heterocycles. The van der Waals surface area contributed by atoms with Gasteiger partial charge in [-0.3, -0.25) is 14.7 Å². The van der Waals surface area contributed by atoms with Crippen molar-refractivity contribution in [3.8, 4) is 0 Å². The van der Waals surface area contributed by atoms with Gasteiger partial charge in [0, 0.05) is 23.7 Å². The average molecular weight is 347 g/mol. The Balaban J connectivity index is 1.81. The van der Waals surface area contributed by atoms with Gasteiger partial charge in [-0.25, -0.2) is 0 Å². The number of nitrogens with one attached hydrogen (secondary N) is 1. The van der Waals surface area contributed by atoms with E-state index in [0.717, 1.165) is 24.0 Å². The highest BCUT2D eigenvalue weighted by Gasteiger charge is 2.19.